The first-order valence-corrected chi connectivity index (χ1v) is 8.28. The largest absolute Gasteiger partial charge is 0.464 e. The molecule has 2 aromatic rings. The Hall–Kier alpha value is -2.61. The van der Waals surface area contributed by atoms with Crippen LogP contribution < -0.4 is 0 Å². The average molecular weight is 318 g/mol. The van der Waals surface area contributed by atoms with Crippen LogP contribution in [-0.4, -0.2) is 12.6 Å². The summed E-state index contributed by atoms with van der Waals surface area (Å²) in [5.74, 6) is -0.359. The molecule has 1 unspecified atom stereocenters. The molecule has 0 N–H and O–H groups in total. The van der Waals surface area contributed by atoms with E-state index >= 15 is 0 Å². The van der Waals surface area contributed by atoms with Gasteiger partial charge in [-0.05, 0) is 25.0 Å². The fourth-order valence-corrected chi connectivity index (χ4v) is 3.16. The fourth-order valence-electron chi connectivity index (χ4n) is 3.16. The lowest BCUT2D eigenvalue weighted by Gasteiger charge is -2.19. The maximum Gasteiger partial charge on any atom is 0.317 e. The highest BCUT2D eigenvalue weighted by Crippen LogP contribution is 2.28. The molecule has 2 aromatic carbocycles. The predicted molar refractivity (Wildman–Crippen MR) is 96.7 cm³/mol. The molecule has 1 aliphatic rings. The van der Waals surface area contributed by atoms with Crippen molar-refractivity contribution >= 4 is 5.97 Å². The van der Waals surface area contributed by atoms with E-state index in [9.17, 15) is 4.79 Å². The highest BCUT2D eigenvalue weighted by molar-refractivity contribution is 5.79. The zero-order chi connectivity index (χ0) is 16.9. The minimum absolute atomic E-state index is 0.0483. The van der Waals surface area contributed by atoms with Crippen molar-refractivity contribution < 1.29 is 9.53 Å². The molecule has 1 atom stereocenters. The molecule has 0 saturated carbocycles. The quantitative estimate of drug-likeness (QED) is 0.734. The van der Waals surface area contributed by atoms with Crippen molar-refractivity contribution in [2.75, 3.05) is 6.61 Å². The Bertz CT molecular complexity index is 718. The molecule has 0 aromatic heterocycles. The number of carbonyl (C=O) groups is 1. The molecule has 2 heteroatoms. The van der Waals surface area contributed by atoms with Gasteiger partial charge in [-0.15, -0.1) is 0 Å². The Labute approximate surface area is 143 Å². The zero-order valence-electron chi connectivity index (χ0n) is 14.1. The summed E-state index contributed by atoms with van der Waals surface area (Å²) >= 11 is 0. The molecule has 0 spiro atoms. The number of benzene rings is 2. The Morgan fingerprint density at radius 3 is 1.96 bits per heavy atom. The summed E-state index contributed by atoms with van der Waals surface area (Å²) in [4.78, 5) is 12.5. The first-order chi connectivity index (χ1) is 11.6. The molecule has 0 aliphatic heterocycles. The van der Waals surface area contributed by atoms with Gasteiger partial charge < -0.3 is 4.74 Å². The number of carbonyl (C=O) groups excluding carboxylic acids is 1. The maximum atomic E-state index is 12.5. The Morgan fingerprint density at radius 1 is 0.958 bits per heavy atom. The summed E-state index contributed by atoms with van der Waals surface area (Å²) in [5, 5.41) is 0. The summed E-state index contributed by atoms with van der Waals surface area (Å²) in [6.07, 6.45) is 4.01. The van der Waals surface area contributed by atoms with Crippen molar-refractivity contribution in [1.29, 1.82) is 0 Å². The van der Waals surface area contributed by atoms with E-state index in [4.69, 9.17) is 4.74 Å². The van der Waals surface area contributed by atoms with Crippen LogP contribution in [0.3, 0.4) is 0 Å². The second-order valence-corrected chi connectivity index (χ2v) is 6.28. The van der Waals surface area contributed by atoms with Crippen LogP contribution in [0, 0.1) is 5.92 Å². The number of ether oxygens (including phenoxy) is 1. The van der Waals surface area contributed by atoms with Gasteiger partial charge in [0.2, 0.25) is 0 Å². The Kier molecular flexibility index (Phi) is 4.95. The van der Waals surface area contributed by atoms with Crippen molar-refractivity contribution in [3.8, 4) is 0 Å². The molecule has 24 heavy (non-hydrogen) atoms. The average Bonchev–Trinajstić information content (AvgIpc) is 2.95. The van der Waals surface area contributed by atoms with Gasteiger partial charge in [0.25, 0.3) is 0 Å². The minimum Gasteiger partial charge on any atom is -0.464 e. The van der Waals surface area contributed by atoms with E-state index in [1.165, 1.54) is 0 Å². The van der Waals surface area contributed by atoms with Crippen LogP contribution in [0.15, 0.2) is 84.0 Å². The van der Waals surface area contributed by atoms with E-state index < -0.39 is 0 Å². The Balaban J connectivity index is 1.76. The molecular formula is C22H22O2. The second kappa shape index (κ2) is 7.31. The smallest absolute Gasteiger partial charge is 0.317 e. The van der Waals surface area contributed by atoms with Crippen molar-refractivity contribution in [3.63, 3.8) is 0 Å². The normalized spacial score (nSPS) is 16.7. The molecule has 1 aliphatic carbocycles. The molecule has 0 bridgehead atoms. The van der Waals surface area contributed by atoms with Gasteiger partial charge in [-0.25, -0.2) is 0 Å². The monoisotopic (exact) mass is 318 g/mol. The van der Waals surface area contributed by atoms with Gasteiger partial charge in [0, 0.05) is 5.92 Å². The zero-order valence-corrected chi connectivity index (χ0v) is 14.1. The van der Waals surface area contributed by atoms with Crippen molar-refractivity contribution in [2.45, 2.75) is 19.8 Å². The summed E-state index contributed by atoms with van der Waals surface area (Å²) in [7, 11) is 0. The Morgan fingerprint density at radius 2 is 1.50 bits per heavy atom. The van der Waals surface area contributed by atoms with Gasteiger partial charge in [-0.1, -0.05) is 84.0 Å². The number of allylic oxidation sites excluding steroid dienone is 2. The molecular weight excluding hydrogens is 296 g/mol. The maximum absolute atomic E-state index is 12.5. The van der Waals surface area contributed by atoms with Crippen LogP contribution in [0.5, 0.6) is 0 Å². The van der Waals surface area contributed by atoms with Crippen LogP contribution in [0.2, 0.25) is 0 Å². The van der Waals surface area contributed by atoms with Gasteiger partial charge in [0.05, 0.1) is 5.92 Å². The third kappa shape index (κ3) is 3.65. The molecule has 3 rings (SSSR count). The van der Waals surface area contributed by atoms with E-state index in [-0.39, 0.29) is 17.8 Å². The van der Waals surface area contributed by atoms with Gasteiger partial charge in [-0.3, -0.25) is 4.79 Å². The van der Waals surface area contributed by atoms with Crippen molar-refractivity contribution in [3.05, 3.63) is 95.1 Å². The summed E-state index contributed by atoms with van der Waals surface area (Å²) in [6, 6.07) is 20.4. The molecule has 122 valence electrons. The van der Waals surface area contributed by atoms with Gasteiger partial charge in [-0.2, -0.15) is 0 Å². The van der Waals surface area contributed by atoms with Crippen molar-refractivity contribution in [2.24, 2.45) is 5.92 Å². The summed E-state index contributed by atoms with van der Waals surface area (Å²) < 4.78 is 5.69. The summed E-state index contributed by atoms with van der Waals surface area (Å²) in [5.41, 5.74) is 4.48. The van der Waals surface area contributed by atoms with E-state index in [2.05, 4.69) is 24.3 Å². The summed E-state index contributed by atoms with van der Waals surface area (Å²) in [6.45, 7) is 4.34. The third-order valence-corrected chi connectivity index (χ3v) is 4.43. The van der Waals surface area contributed by atoms with Crippen LogP contribution in [0.4, 0.5) is 0 Å². The minimum atomic E-state index is -0.239. The first kappa shape index (κ1) is 16.3. The second-order valence-electron chi connectivity index (χ2n) is 6.28. The number of hydrogen-bond donors (Lipinski definition) is 0. The first-order valence-electron chi connectivity index (χ1n) is 8.28. The third-order valence-electron chi connectivity index (χ3n) is 4.43. The fraction of sp³-hybridized carbons (Fsp3) is 0.227. The van der Waals surface area contributed by atoms with E-state index in [0.717, 1.165) is 22.3 Å². The molecule has 0 heterocycles. The van der Waals surface area contributed by atoms with Crippen LogP contribution in [0.25, 0.3) is 0 Å². The SMILES string of the molecule is CC1=CC(C(=O)OCC(c2ccccc2)c2ccccc2)C(C)=C1. The van der Waals surface area contributed by atoms with Gasteiger partial charge in [0.15, 0.2) is 0 Å². The van der Waals surface area contributed by atoms with Crippen LogP contribution >= 0.6 is 0 Å². The van der Waals surface area contributed by atoms with Gasteiger partial charge >= 0.3 is 5.97 Å². The molecule has 0 fully saturated rings. The number of rotatable bonds is 5. The van der Waals surface area contributed by atoms with E-state index in [0.29, 0.717) is 6.61 Å². The number of hydrogen-bond acceptors (Lipinski definition) is 2. The lowest BCUT2D eigenvalue weighted by molar-refractivity contribution is -0.145. The highest BCUT2D eigenvalue weighted by atomic mass is 16.5. The lowest BCUT2D eigenvalue weighted by Crippen LogP contribution is -2.20. The van der Waals surface area contributed by atoms with E-state index in [1.807, 2.05) is 62.4 Å². The molecule has 0 saturated heterocycles. The predicted octanol–water partition coefficient (Wildman–Crippen LogP) is 4.88. The van der Waals surface area contributed by atoms with Crippen molar-refractivity contribution in [1.82, 2.24) is 0 Å². The standard InChI is InChI=1S/C22H22O2/c1-16-13-17(2)20(14-16)22(23)24-15-21(18-9-5-3-6-10-18)19-11-7-4-8-12-19/h3-14,20-21H,15H2,1-2H3. The van der Waals surface area contributed by atoms with Crippen LogP contribution in [0.1, 0.15) is 30.9 Å². The molecule has 0 radical (unpaired) electrons. The lowest BCUT2D eigenvalue weighted by atomic mass is 9.92. The van der Waals surface area contributed by atoms with E-state index in [1.54, 1.807) is 0 Å². The topological polar surface area (TPSA) is 26.3 Å². The number of esters is 1. The van der Waals surface area contributed by atoms with Crippen LogP contribution in [-0.2, 0) is 9.53 Å². The molecule has 0 amide bonds. The van der Waals surface area contributed by atoms with Gasteiger partial charge in [0.1, 0.15) is 6.61 Å². The highest BCUT2D eigenvalue weighted by Gasteiger charge is 2.25. The molecule has 2 nitrogen and oxygen atoms in total.